The maximum absolute atomic E-state index is 11.5. The number of nitrogens with zero attached hydrogens (tertiary/aromatic N) is 5. The van der Waals surface area contributed by atoms with Gasteiger partial charge in [0.25, 0.3) is 0 Å². The van der Waals surface area contributed by atoms with E-state index in [9.17, 15) is 8.42 Å². The molecule has 10 nitrogen and oxygen atoms in total. The van der Waals surface area contributed by atoms with E-state index in [4.69, 9.17) is 14.2 Å². The average Bonchev–Trinajstić information content (AvgIpc) is 3.08. The summed E-state index contributed by atoms with van der Waals surface area (Å²) in [5.41, 5.74) is 0.844. The summed E-state index contributed by atoms with van der Waals surface area (Å²) in [5, 5.41) is 8.23. The van der Waals surface area contributed by atoms with Gasteiger partial charge >= 0.3 is 0 Å². The second-order valence-electron chi connectivity index (χ2n) is 7.04. The normalized spacial score (nSPS) is 17.4. The Kier molecular flexibility index (Phi) is 10.3. The maximum Gasteiger partial charge on any atom is 0.152 e. The molecule has 0 spiro atoms. The first-order valence-electron chi connectivity index (χ1n) is 9.64. The molecule has 2 heterocycles. The van der Waals surface area contributed by atoms with Gasteiger partial charge in [0.05, 0.1) is 63.4 Å². The Balaban J connectivity index is 1.46. The summed E-state index contributed by atoms with van der Waals surface area (Å²) >= 11 is 0. The van der Waals surface area contributed by atoms with Gasteiger partial charge in [-0.15, -0.1) is 5.10 Å². The minimum atomic E-state index is -2.85. The Hall–Kier alpha value is -1.11. The fourth-order valence-corrected chi connectivity index (χ4v) is 3.88. The smallest absolute Gasteiger partial charge is 0.152 e. The summed E-state index contributed by atoms with van der Waals surface area (Å²) < 4.78 is 41.1. The molecule has 1 aliphatic heterocycles. The van der Waals surface area contributed by atoms with Crippen LogP contribution in [0.2, 0.25) is 0 Å². The van der Waals surface area contributed by atoms with Gasteiger partial charge in [0, 0.05) is 32.4 Å². The summed E-state index contributed by atoms with van der Waals surface area (Å²) in [6.07, 6.45) is 1.88. The molecule has 162 valence electrons. The summed E-state index contributed by atoms with van der Waals surface area (Å²) in [5.74, 6) is 0.443. The highest BCUT2D eigenvalue weighted by Gasteiger charge is 2.22. The molecule has 0 amide bonds. The number of likely N-dealkylation sites (N-methyl/N-ethyl adjacent to an activating group) is 1. The van der Waals surface area contributed by atoms with E-state index < -0.39 is 9.84 Å². The number of hydrogen-bond acceptors (Lipinski definition) is 9. The van der Waals surface area contributed by atoms with Crippen LogP contribution in [0.1, 0.15) is 5.69 Å². The first-order chi connectivity index (χ1) is 13.4. The highest BCUT2D eigenvalue weighted by Crippen LogP contribution is 2.07. The molecule has 1 aromatic rings. The summed E-state index contributed by atoms with van der Waals surface area (Å²) in [6, 6.07) is 0. The quantitative estimate of drug-likeness (QED) is 0.356. The van der Waals surface area contributed by atoms with Crippen molar-refractivity contribution in [2.24, 2.45) is 0 Å². The second kappa shape index (κ2) is 12.5. The molecule has 1 aromatic heterocycles. The SMILES string of the molecule is CN(C)CCOCCOCCOCCn1cc(CN2CCS(=O)(=O)CC2)nn1. The van der Waals surface area contributed by atoms with Gasteiger partial charge in [0.2, 0.25) is 0 Å². The van der Waals surface area contributed by atoms with Crippen molar-refractivity contribution >= 4 is 9.84 Å². The number of sulfone groups is 1. The number of ether oxygens (including phenoxy) is 3. The topological polar surface area (TPSA) is 99.0 Å². The molecule has 11 heteroatoms. The molecule has 0 bridgehead atoms. The lowest BCUT2D eigenvalue weighted by molar-refractivity contribution is 0.0107. The van der Waals surface area contributed by atoms with E-state index in [-0.39, 0.29) is 11.5 Å². The van der Waals surface area contributed by atoms with E-state index in [0.717, 1.165) is 12.2 Å². The van der Waals surface area contributed by atoms with Crippen LogP contribution in [0.4, 0.5) is 0 Å². The van der Waals surface area contributed by atoms with Crippen LogP contribution in [0.25, 0.3) is 0 Å². The Morgan fingerprint density at radius 1 is 1.00 bits per heavy atom. The van der Waals surface area contributed by atoms with Crippen molar-refractivity contribution in [3.8, 4) is 0 Å². The van der Waals surface area contributed by atoms with Crippen LogP contribution < -0.4 is 0 Å². The molecule has 0 unspecified atom stereocenters. The molecule has 0 atom stereocenters. The molecule has 0 aromatic carbocycles. The Bertz CT molecular complexity index is 638. The number of hydrogen-bond donors (Lipinski definition) is 0. The van der Waals surface area contributed by atoms with E-state index in [1.807, 2.05) is 20.3 Å². The largest absolute Gasteiger partial charge is 0.378 e. The summed E-state index contributed by atoms with van der Waals surface area (Å²) in [7, 11) is 1.18. The Morgan fingerprint density at radius 3 is 2.25 bits per heavy atom. The maximum atomic E-state index is 11.5. The molecule has 0 saturated carbocycles. The third-order valence-corrected chi connectivity index (χ3v) is 5.91. The van der Waals surface area contributed by atoms with Crippen LogP contribution in [0.5, 0.6) is 0 Å². The number of rotatable bonds is 14. The standard InChI is InChI=1S/C17H33N5O5S/c1-20(2)3-7-25-9-11-27-12-10-26-8-4-22-16-17(18-19-22)15-21-5-13-28(23,24)14-6-21/h16H,3-15H2,1-2H3. The van der Waals surface area contributed by atoms with E-state index in [2.05, 4.69) is 20.1 Å². The van der Waals surface area contributed by atoms with Gasteiger partial charge < -0.3 is 19.1 Å². The zero-order valence-corrected chi connectivity index (χ0v) is 17.8. The van der Waals surface area contributed by atoms with Crippen LogP contribution in [-0.2, 0) is 37.1 Å². The molecule has 1 aliphatic rings. The fraction of sp³-hybridized carbons (Fsp3) is 0.882. The molecule has 1 fully saturated rings. The van der Waals surface area contributed by atoms with Crippen molar-refractivity contribution in [2.75, 3.05) is 84.9 Å². The summed E-state index contributed by atoms with van der Waals surface area (Å²) in [4.78, 5) is 4.17. The fourth-order valence-electron chi connectivity index (χ4n) is 2.60. The van der Waals surface area contributed by atoms with Crippen LogP contribution in [0, 0.1) is 0 Å². The van der Waals surface area contributed by atoms with Crippen LogP contribution in [0.15, 0.2) is 6.20 Å². The zero-order valence-electron chi connectivity index (χ0n) is 17.0. The van der Waals surface area contributed by atoms with Crippen molar-refractivity contribution in [3.63, 3.8) is 0 Å². The Labute approximate surface area is 167 Å². The van der Waals surface area contributed by atoms with Crippen molar-refractivity contribution in [2.45, 2.75) is 13.1 Å². The van der Waals surface area contributed by atoms with E-state index >= 15 is 0 Å². The van der Waals surface area contributed by atoms with Crippen LogP contribution in [0.3, 0.4) is 0 Å². The van der Waals surface area contributed by atoms with Crippen molar-refractivity contribution < 1.29 is 22.6 Å². The molecule has 0 N–H and O–H groups in total. The third-order valence-electron chi connectivity index (χ3n) is 4.30. The van der Waals surface area contributed by atoms with Gasteiger partial charge in [-0.2, -0.15) is 0 Å². The van der Waals surface area contributed by atoms with Crippen molar-refractivity contribution in [1.82, 2.24) is 24.8 Å². The molecule has 2 rings (SSSR count). The van der Waals surface area contributed by atoms with Gasteiger partial charge in [-0.3, -0.25) is 4.90 Å². The van der Waals surface area contributed by atoms with Crippen LogP contribution in [-0.4, -0.2) is 118 Å². The van der Waals surface area contributed by atoms with E-state index in [1.54, 1.807) is 4.68 Å². The lowest BCUT2D eigenvalue weighted by atomic mass is 10.4. The molecule has 0 aliphatic carbocycles. The molecular weight excluding hydrogens is 386 g/mol. The van der Waals surface area contributed by atoms with Crippen LogP contribution >= 0.6 is 0 Å². The van der Waals surface area contributed by atoms with E-state index in [0.29, 0.717) is 65.8 Å². The molecule has 0 radical (unpaired) electrons. The lowest BCUT2D eigenvalue weighted by Gasteiger charge is -2.25. The highest BCUT2D eigenvalue weighted by molar-refractivity contribution is 7.91. The van der Waals surface area contributed by atoms with Gasteiger partial charge in [-0.25, -0.2) is 13.1 Å². The predicted octanol–water partition coefficient (Wildman–Crippen LogP) is -0.880. The third kappa shape index (κ3) is 9.89. The second-order valence-corrected chi connectivity index (χ2v) is 9.34. The zero-order chi connectivity index (χ0) is 20.2. The first kappa shape index (κ1) is 23.2. The predicted molar refractivity (Wildman–Crippen MR) is 105 cm³/mol. The minimum absolute atomic E-state index is 0.221. The van der Waals surface area contributed by atoms with Gasteiger partial charge in [-0.05, 0) is 14.1 Å². The first-order valence-corrected chi connectivity index (χ1v) is 11.5. The number of aromatic nitrogens is 3. The van der Waals surface area contributed by atoms with Gasteiger partial charge in [-0.1, -0.05) is 5.21 Å². The lowest BCUT2D eigenvalue weighted by Crippen LogP contribution is -2.39. The molecule has 1 saturated heterocycles. The van der Waals surface area contributed by atoms with Crippen molar-refractivity contribution in [3.05, 3.63) is 11.9 Å². The molecular formula is C17H33N5O5S. The van der Waals surface area contributed by atoms with E-state index in [1.165, 1.54) is 0 Å². The highest BCUT2D eigenvalue weighted by atomic mass is 32.2. The minimum Gasteiger partial charge on any atom is -0.378 e. The summed E-state index contributed by atoms with van der Waals surface area (Å²) in [6.45, 7) is 6.75. The monoisotopic (exact) mass is 419 g/mol. The average molecular weight is 420 g/mol. The van der Waals surface area contributed by atoms with Crippen molar-refractivity contribution in [1.29, 1.82) is 0 Å². The molecule has 28 heavy (non-hydrogen) atoms. The van der Waals surface area contributed by atoms with Gasteiger partial charge in [0.1, 0.15) is 0 Å². The van der Waals surface area contributed by atoms with Gasteiger partial charge in [0.15, 0.2) is 9.84 Å². The Morgan fingerprint density at radius 2 is 1.61 bits per heavy atom.